The number of hydrogen-bond acceptors (Lipinski definition) is 8. The highest BCUT2D eigenvalue weighted by molar-refractivity contribution is 6.34. The summed E-state index contributed by atoms with van der Waals surface area (Å²) in [6.07, 6.45) is 0.00331. The second-order valence-corrected chi connectivity index (χ2v) is 10.5. The van der Waals surface area contributed by atoms with E-state index in [-0.39, 0.29) is 41.0 Å². The maximum atomic E-state index is 13.4. The van der Waals surface area contributed by atoms with Crippen LogP contribution in [0.3, 0.4) is 0 Å². The summed E-state index contributed by atoms with van der Waals surface area (Å²) in [5.74, 6) is -2.19. The predicted octanol–water partition coefficient (Wildman–Crippen LogP) is 2.39. The number of likely N-dealkylation sites (tertiary alicyclic amines) is 1. The molecule has 2 saturated heterocycles. The van der Waals surface area contributed by atoms with Crippen molar-refractivity contribution >= 4 is 46.9 Å². The van der Waals surface area contributed by atoms with Gasteiger partial charge in [-0.05, 0) is 31.4 Å². The molecule has 0 unspecified atom stereocenters. The minimum absolute atomic E-state index is 0.0521. The van der Waals surface area contributed by atoms with Crippen LogP contribution in [0, 0.1) is 0 Å². The Labute approximate surface area is 248 Å². The van der Waals surface area contributed by atoms with Crippen molar-refractivity contribution in [2.45, 2.75) is 64.1 Å². The SMILES string of the molecule is COc1cc(NC(C)=O)c(Cl)cc1C(=O)N[C@@H](C)C(=O)N1CCC[C@H]1C(=O)N[C@H]1CC(=O)O[C@H]1OCc1ccccc1. The summed E-state index contributed by atoms with van der Waals surface area (Å²) in [4.78, 5) is 64.5. The highest BCUT2D eigenvalue weighted by Crippen LogP contribution is 2.31. The van der Waals surface area contributed by atoms with Gasteiger partial charge >= 0.3 is 5.97 Å². The molecule has 3 N–H and O–H groups in total. The van der Waals surface area contributed by atoms with Crippen molar-refractivity contribution < 1.29 is 38.2 Å². The van der Waals surface area contributed by atoms with Crippen LogP contribution in [-0.2, 0) is 35.3 Å². The number of amides is 4. The number of halogens is 1. The molecule has 2 aliphatic rings. The molecule has 13 heteroatoms. The van der Waals surface area contributed by atoms with E-state index < -0.39 is 48.1 Å². The largest absolute Gasteiger partial charge is 0.496 e. The topological polar surface area (TPSA) is 152 Å². The minimum Gasteiger partial charge on any atom is -0.496 e. The van der Waals surface area contributed by atoms with E-state index >= 15 is 0 Å². The fourth-order valence-corrected chi connectivity index (χ4v) is 5.12. The molecule has 0 spiro atoms. The summed E-state index contributed by atoms with van der Waals surface area (Å²) in [5, 5.41) is 8.13. The van der Waals surface area contributed by atoms with Crippen molar-refractivity contribution in [3.8, 4) is 5.75 Å². The standard InChI is InChI=1S/C29H33ClN4O8/c1-16(31-26(37)19-12-20(30)21(32-17(2)35)13-24(19)40-3)28(39)34-11-7-10-23(34)27(38)33-22-14-25(36)42-29(22)41-15-18-8-5-4-6-9-18/h4-6,8-9,12-13,16,22-23,29H,7,10-11,14-15H2,1-3H3,(H,31,37)(H,32,35)(H,33,38)/t16-,22-,23-,29+/m0/s1. The molecule has 0 saturated carbocycles. The molecule has 2 heterocycles. The maximum absolute atomic E-state index is 13.4. The Morgan fingerprint density at radius 1 is 1.17 bits per heavy atom. The van der Waals surface area contributed by atoms with Crippen molar-refractivity contribution in [1.82, 2.24) is 15.5 Å². The maximum Gasteiger partial charge on any atom is 0.310 e. The fourth-order valence-electron chi connectivity index (χ4n) is 4.91. The van der Waals surface area contributed by atoms with Gasteiger partial charge in [0, 0.05) is 19.5 Å². The molecule has 2 aliphatic heterocycles. The first-order valence-corrected chi connectivity index (χ1v) is 13.9. The quantitative estimate of drug-likeness (QED) is 0.352. The molecule has 2 aromatic rings. The number of nitrogens with zero attached hydrogens (tertiary/aromatic N) is 1. The molecular weight excluding hydrogens is 568 g/mol. The van der Waals surface area contributed by atoms with Crippen LogP contribution in [-0.4, -0.2) is 72.6 Å². The van der Waals surface area contributed by atoms with Crippen molar-refractivity contribution in [3.63, 3.8) is 0 Å². The lowest BCUT2D eigenvalue weighted by Crippen LogP contribution is -2.54. The number of carbonyl (C=O) groups is 5. The molecular formula is C29H33ClN4O8. The summed E-state index contributed by atoms with van der Waals surface area (Å²) >= 11 is 6.23. The zero-order valence-electron chi connectivity index (χ0n) is 23.5. The molecule has 4 amide bonds. The van der Waals surface area contributed by atoms with E-state index in [0.29, 0.717) is 19.4 Å². The van der Waals surface area contributed by atoms with Gasteiger partial charge in [0.1, 0.15) is 23.9 Å². The number of cyclic esters (lactones) is 1. The first-order valence-electron chi connectivity index (χ1n) is 13.5. The molecule has 0 aliphatic carbocycles. The Kier molecular flexibility index (Phi) is 10.0. The first kappa shape index (κ1) is 30.8. The van der Waals surface area contributed by atoms with Crippen LogP contribution in [0.2, 0.25) is 5.02 Å². The Morgan fingerprint density at radius 3 is 2.60 bits per heavy atom. The van der Waals surface area contributed by atoms with Crippen LogP contribution in [0.5, 0.6) is 5.75 Å². The molecule has 4 rings (SSSR count). The lowest BCUT2D eigenvalue weighted by atomic mass is 10.1. The zero-order chi connectivity index (χ0) is 30.4. The summed E-state index contributed by atoms with van der Waals surface area (Å²) in [7, 11) is 1.36. The molecule has 12 nitrogen and oxygen atoms in total. The van der Waals surface area contributed by atoms with E-state index in [4.69, 9.17) is 25.8 Å². The normalized spacial score (nSPS) is 20.4. The third kappa shape index (κ3) is 7.37. The average Bonchev–Trinajstić information content (AvgIpc) is 3.59. The third-order valence-electron chi connectivity index (χ3n) is 6.95. The van der Waals surface area contributed by atoms with Gasteiger partial charge in [-0.1, -0.05) is 41.9 Å². The molecule has 42 heavy (non-hydrogen) atoms. The van der Waals surface area contributed by atoms with Crippen molar-refractivity contribution in [3.05, 3.63) is 58.6 Å². The van der Waals surface area contributed by atoms with Gasteiger partial charge in [-0.2, -0.15) is 0 Å². The lowest BCUT2D eigenvalue weighted by Gasteiger charge is -2.28. The Morgan fingerprint density at radius 2 is 1.90 bits per heavy atom. The first-order chi connectivity index (χ1) is 20.1. The molecule has 0 aromatic heterocycles. The third-order valence-corrected chi connectivity index (χ3v) is 7.26. The highest BCUT2D eigenvalue weighted by atomic mass is 35.5. The molecule has 0 radical (unpaired) electrons. The summed E-state index contributed by atoms with van der Waals surface area (Å²) in [5.41, 5.74) is 1.23. The van der Waals surface area contributed by atoms with Crippen LogP contribution in [0.25, 0.3) is 0 Å². The van der Waals surface area contributed by atoms with Crippen molar-refractivity contribution in [2.75, 3.05) is 19.0 Å². The minimum atomic E-state index is -0.984. The molecule has 4 atom stereocenters. The van der Waals surface area contributed by atoms with Crippen LogP contribution in [0.15, 0.2) is 42.5 Å². The lowest BCUT2D eigenvalue weighted by molar-refractivity contribution is -0.168. The van der Waals surface area contributed by atoms with Gasteiger partial charge in [-0.25, -0.2) is 0 Å². The Balaban J connectivity index is 1.38. The van der Waals surface area contributed by atoms with Crippen LogP contribution >= 0.6 is 11.6 Å². The number of methoxy groups -OCH3 is 1. The van der Waals surface area contributed by atoms with Gasteiger partial charge < -0.3 is 35.1 Å². The van der Waals surface area contributed by atoms with E-state index in [1.165, 1.54) is 38.0 Å². The van der Waals surface area contributed by atoms with E-state index in [1.807, 2.05) is 30.3 Å². The van der Waals surface area contributed by atoms with Crippen LogP contribution in [0.4, 0.5) is 5.69 Å². The highest BCUT2D eigenvalue weighted by Gasteiger charge is 2.41. The number of benzene rings is 2. The molecule has 2 aromatic carbocycles. The number of hydrogen-bond donors (Lipinski definition) is 3. The number of nitrogens with one attached hydrogen (secondary N) is 3. The number of ether oxygens (including phenoxy) is 3. The molecule has 2 fully saturated rings. The smallest absolute Gasteiger partial charge is 0.310 e. The second-order valence-electron chi connectivity index (χ2n) is 10.1. The summed E-state index contributed by atoms with van der Waals surface area (Å²) in [6.45, 7) is 3.36. The van der Waals surface area contributed by atoms with E-state index in [2.05, 4.69) is 16.0 Å². The molecule has 224 valence electrons. The second kappa shape index (κ2) is 13.7. The van der Waals surface area contributed by atoms with Crippen LogP contribution in [0.1, 0.15) is 49.0 Å². The van der Waals surface area contributed by atoms with Gasteiger partial charge in [-0.3, -0.25) is 24.0 Å². The Bertz CT molecular complexity index is 1350. The van der Waals surface area contributed by atoms with Crippen molar-refractivity contribution in [1.29, 1.82) is 0 Å². The van der Waals surface area contributed by atoms with E-state index in [0.717, 1.165) is 5.56 Å². The average molecular weight is 601 g/mol. The number of rotatable bonds is 10. The number of carbonyl (C=O) groups excluding carboxylic acids is 5. The summed E-state index contributed by atoms with van der Waals surface area (Å²) in [6, 6.07) is 9.63. The molecule has 0 bridgehead atoms. The van der Waals surface area contributed by atoms with E-state index in [1.54, 1.807) is 0 Å². The fraction of sp³-hybridized carbons (Fsp3) is 0.414. The number of anilines is 1. The van der Waals surface area contributed by atoms with Gasteiger partial charge in [-0.15, -0.1) is 0 Å². The monoisotopic (exact) mass is 600 g/mol. The van der Waals surface area contributed by atoms with Gasteiger partial charge in [0.05, 0.1) is 36.4 Å². The number of esters is 1. The zero-order valence-corrected chi connectivity index (χ0v) is 24.2. The Hall–Kier alpha value is -4.16. The predicted molar refractivity (Wildman–Crippen MR) is 152 cm³/mol. The summed E-state index contributed by atoms with van der Waals surface area (Å²) < 4.78 is 16.3. The van der Waals surface area contributed by atoms with Crippen LogP contribution < -0.4 is 20.7 Å². The van der Waals surface area contributed by atoms with Crippen molar-refractivity contribution in [2.24, 2.45) is 0 Å². The van der Waals surface area contributed by atoms with E-state index in [9.17, 15) is 24.0 Å². The van der Waals surface area contributed by atoms with Gasteiger partial charge in [0.15, 0.2) is 0 Å². The van der Waals surface area contributed by atoms with Gasteiger partial charge in [0.25, 0.3) is 5.91 Å². The van der Waals surface area contributed by atoms with Gasteiger partial charge in [0.2, 0.25) is 24.0 Å².